The molecule has 9 heteroatoms. The maximum absolute atomic E-state index is 14.8. The van der Waals surface area contributed by atoms with Crippen molar-refractivity contribution in [3.05, 3.63) is 65.0 Å². The van der Waals surface area contributed by atoms with Gasteiger partial charge in [-0.3, -0.25) is 4.68 Å². The average molecular weight is 439 g/mol. The highest BCUT2D eigenvalue weighted by molar-refractivity contribution is 6.30. The number of halogens is 2. The van der Waals surface area contributed by atoms with Crippen LogP contribution in [-0.4, -0.2) is 44.4 Å². The standard InChI is InChI=1S/C22H20ClFN6O/c1-13-9-25-22-21(27-13)17(16-4-3-15(23)7-18(16)24)8-20(28-22)30-5-6-31-19(12-30)14-10-26-29(2)11-14/h3-4,7-11,19H,5-6,12H2,1-2H3. The summed E-state index contributed by atoms with van der Waals surface area (Å²) in [6, 6.07) is 6.51. The zero-order chi connectivity index (χ0) is 21.5. The van der Waals surface area contributed by atoms with Crippen molar-refractivity contribution in [1.82, 2.24) is 24.7 Å². The van der Waals surface area contributed by atoms with Crippen LogP contribution in [0.2, 0.25) is 5.02 Å². The van der Waals surface area contributed by atoms with Gasteiger partial charge in [-0.1, -0.05) is 11.6 Å². The summed E-state index contributed by atoms with van der Waals surface area (Å²) in [7, 11) is 1.88. The Bertz CT molecular complexity index is 1280. The van der Waals surface area contributed by atoms with Crippen LogP contribution in [0.15, 0.2) is 42.9 Å². The first-order chi connectivity index (χ1) is 15.0. The zero-order valence-electron chi connectivity index (χ0n) is 17.1. The molecule has 0 N–H and O–H groups in total. The van der Waals surface area contributed by atoms with Crippen molar-refractivity contribution in [3.8, 4) is 11.1 Å². The van der Waals surface area contributed by atoms with E-state index in [2.05, 4.69) is 20.0 Å². The molecule has 0 amide bonds. The Morgan fingerprint density at radius 2 is 2.03 bits per heavy atom. The van der Waals surface area contributed by atoms with E-state index in [9.17, 15) is 4.39 Å². The van der Waals surface area contributed by atoms with Gasteiger partial charge in [-0.05, 0) is 31.2 Å². The number of morpholine rings is 1. The van der Waals surface area contributed by atoms with E-state index < -0.39 is 5.82 Å². The van der Waals surface area contributed by atoms with Crippen molar-refractivity contribution in [1.29, 1.82) is 0 Å². The Kier molecular flexibility index (Phi) is 5.03. The largest absolute Gasteiger partial charge is 0.370 e. The lowest BCUT2D eigenvalue weighted by Gasteiger charge is -2.33. The highest BCUT2D eigenvalue weighted by Gasteiger charge is 2.25. The van der Waals surface area contributed by atoms with Crippen LogP contribution in [0.25, 0.3) is 22.3 Å². The van der Waals surface area contributed by atoms with E-state index in [4.69, 9.17) is 21.3 Å². The maximum atomic E-state index is 14.8. The molecule has 0 bridgehead atoms. The number of hydrogen-bond donors (Lipinski definition) is 0. The van der Waals surface area contributed by atoms with Crippen LogP contribution >= 0.6 is 11.6 Å². The van der Waals surface area contributed by atoms with Gasteiger partial charge in [0.05, 0.1) is 24.7 Å². The predicted molar refractivity (Wildman–Crippen MR) is 117 cm³/mol. The average Bonchev–Trinajstić information content (AvgIpc) is 3.20. The van der Waals surface area contributed by atoms with Crippen LogP contribution in [0.3, 0.4) is 0 Å². The summed E-state index contributed by atoms with van der Waals surface area (Å²) in [6.45, 7) is 3.66. The highest BCUT2D eigenvalue weighted by Crippen LogP contribution is 2.34. The number of rotatable bonds is 3. The summed E-state index contributed by atoms with van der Waals surface area (Å²) in [4.78, 5) is 15.9. The first kappa shape index (κ1) is 19.8. The summed E-state index contributed by atoms with van der Waals surface area (Å²) >= 11 is 5.97. The lowest BCUT2D eigenvalue weighted by atomic mass is 10.0. The van der Waals surface area contributed by atoms with Crippen LogP contribution in [0, 0.1) is 12.7 Å². The van der Waals surface area contributed by atoms with Gasteiger partial charge in [-0.25, -0.2) is 19.3 Å². The third kappa shape index (κ3) is 3.84. The molecule has 4 heterocycles. The van der Waals surface area contributed by atoms with Crippen molar-refractivity contribution in [2.75, 3.05) is 24.6 Å². The fraction of sp³-hybridized carbons (Fsp3) is 0.273. The van der Waals surface area contributed by atoms with Gasteiger partial charge in [0.15, 0.2) is 5.65 Å². The number of nitrogens with zero attached hydrogens (tertiary/aromatic N) is 6. The van der Waals surface area contributed by atoms with E-state index >= 15 is 0 Å². The molecule has 1 atom stereocenters. The number of pyridine rings is 1. The molecule has 5 rings (SSSR count). The Labute approximate surface area is 183 Å². The van der Waals surface area contributed by atoms with Gasteiger partial charge in [-0.15, -0.1) is 0 Å². The van der Waals surface area contributed by atoms with Crippen molar-refractivity contribution >= 4 is 28.6 Å². The second-order valence-corrected chi connectivity index (χ2v) is 8.03. The van der Waals surface area contributed by atoms with Gasteiger partial charge in [-0.2, -0.15) is 5.10 Å². The minimum absolute atomic E-state index is 0.125. The second kappa shape index (κ2) is 7.86. The van der Waals surface area contributed by atoms with Gasteiger partial charge >= 0.3 is 0 Å². The van der Waals surface area contributed by atoms with E-state index in [1.54, 1.807) is 23.0 Å². The molecule has 1 saturated heterocycles. The lowest BCUT2D eigenvalue weighted by molar-refractivity contribution is 0.0395. The number of ether oxygens (including phenoxy) is 1. The third-order valence-corrected chi connectivity index (χ3v) is 5.57. The van der Waals surface area contributed by atoms with Gasteiger partial charge in [0, 0.05) is 48.0 Å². The number of fused-ring (bicyclic) bond motifs is 1. The molecule has 4 aromatic rings. The topological polar surface area (TPSA) is 69.0 Å². The fourth-order valence-corrected chi connectivity index (χ4v) is 3.97. The van der Waals surface area contributed by atoms with Crippen LogP contribution in [-0.2, 0) is 11.8 Å². The third-order valence-electron chi connectivity index (χ3n) is 5.33. The van der Waals surface area contributed by atoms with Crippen LogP contribution in [0.5, 0.6) is 0 Å². The SMILES string of the molecule is Cc1cnc2nc(N3CCOC(c4cnn(C)c4)C3)cc(-c3ccc(Cl)cc3F)c2n1. The van der Waals surface area contributed by atoms with E-state index in [1.165, 1.54) is 6.07 Å². The second-order valence-electron chi connectivity index (χ2n) is 7.59. The molecular weight excluding hydrogens is 419 g/mol. The summed E-state index contributed by atoms with van der Waals surface area (Å²) < 4.78 is 22.5. The summed E-state index contributed by atoms with van der Waals surface area (Å²) in [6.07, 6.45) is 5.30. The van der Waals surface area contributed by atoms with Crippen molar-refractivity contribution in [2.45, 2.75) is 13.0 Å². The zero-order valence-corrected chi connectivity index (χ0v) is 17.8. The molecule has 1 aliphatic heterocycles. The van der Waals surface area contributed by atoms with E-state index in [0.29, 0.717) is 52.8 Å². The molecule has 0 aliphatic carbocycles. The van der Waals surface area contributed by atoms with Gasteiger partial charge < -0.3 is 9.64 Å². The summed E-state index contributed by atoms with van der Waals surface area (Å²) in [5.41, 5.74) is 3.82. The summed E-state index contributed by atoms with van der Waals surface area (Å²) in [5, 5.41) is 4.58. The number of benzene rings is 1. The molecule has 158 valence electrons. The molecule has 1 aliphatic rings. The van der Waals surface area contributed by atoms with Crippen LogP contribution in [0.1, 0.15) is 17.4 Å². The molecule has 0 spiro atoms. The molecule has 7 nitrogen and oxygen atoms in total. The molecule has 0 radical (unpaired) electrons. The molecule has 3 aromatic heterocycles. The highest BCUT2D eigenvalue weighted by atomic mass is 35.5. The molecule has 1 unspecified atom stereocenters. The quantitative estimate of drug-likeness (QED) is 0.479. The predicted octanol–water partition coefficient (Wildman–Crippen LogP) is 4.10. The van der Waals surface area contributed by atoms with Gasteiger partial charge in [0.2, 0.25) is 0 Å². The van der Waals surface area contributed by atoms with Crippen molar-refractivity contribution in [2.24, 2.45) is 7.05 Å². The maximum Gasteiger partial charge on any atom is 0.180 e. The van der Waals surface area contributed by atoms with Crippen LogP contribution in [0.4, 0.5) is 10.2 Å². The van der Waals surface area contributed by atoms with Gasteiger partial charge in [0.25, 0.3) is 0 Å². The first-order valence-electron chi connectivity index (χ1n) is 9.93. The molecule has 0 saturated carbocycles. The van der Waals surface area contributed by atoms with E-state index in [-0.39, 0.29) is 6.10 Å². The molecule has 1 aromatic carbocycles. The minimum atomic E-state index is -0.413. The Morgan fingerprint density at radius 1 is 1.16 bits per heavy atom. The normalized spacial score (nSPS) is 16.8. The van der Waals surface area contributed by atoms with Crippen LogP contribution < -0.4 is 4.90 Å². The minimum Gasteiger partial charge on any atom is -0.370 e. The van der Waals surface area contributed by atoms with Crippen molar-refractivity contribution < 1.29 is 9.13 Å². The lowest BCUT2D eigenvalue weighted by Crippen LogP contribution is -2.38. The van der Waals surface area contributed by atoms with E-state index in [0.717, 1.165) is 11.3 Å². The number of aryl methyl sites for hydroxylation is 2. The monoisotopic (exact) mass is 438 g/mol. The Morgan fingerprint density at radius 3 is 2.81 bits per heavy atom. The summed E-state index contributed by atoms with van der Waals surface area (Å²) in [5.74, 6) is 0.289. The first-order valence-corrected chi connectivity index (χ1v) is 10.3. The number of aromatic nitrogens is 5. The smallest absolute Gasteiger partial charge is 0.180 e. The number of anilines is 1. The van der Waals surface area contributed by atoms with E-state index in [1.807, 2.05) is 32.4 Å². The fourth-order valence-electron chi connectivity index (χ4n) is 3.81. The number of hydrogen-bond acceptors (Lipinski definition) is 6. The molecule has 1 fully saturated rings. The van der Waals surface area contributed by atoms with Crippen molar-refractivity contribution in [3.63, 3.8) is 0 Å². The van der Waals surface area contributed by atoms with Gasteiger partial charge in [0.1, 0.15) is 23.3 Å². The Hall–Kier alpha value is -3.10. The molecular formula is C22H20ClFN6O. The Balaban J connectivity index is 1.60. The molecule has 31 heavy (non-hydrogen) atoms.